The molecule has 2 heterocycles. The van der Waals surface area contributed by atoms with Crippen LogP contribution in [0.5, 0.6) is 0 Å². The summed E-state index contributed by atoms with van der Waals surface area (Å²) < 4.78 is 22.3. The minimum Gasteiger partial charge on any atom is -0.394 e. The van der Waals surface area contributed by atoms with E-state index in [4.69, 9.17) is 18.9 Å². The van der Waals surface area contributed by atoms with E-state index >= 15 is 0 Å². The van der Waals surface area contributed by atoms with Crippen LogP contribution in [0, 0.1) is 0 Å². The van der Waals surface area contributed by atoms with E-state index in [0.717, 1.165) is 19.3 Å². The van der Waals surface area contributed by atoms with Gasteiger partial charge >= 0.3 is 0 Å². The summed E-state index contributed by atoms with van der Waals surface area (Å²) in [5.41, 5.74) is 0. The van der Waals surface area contributed by atoms with E-state index in [1.165, 1.54) is 103 Å². The third-order valence-electron chi connectivity index (χ3n) is 10.7. The molecule has 0 aromatic heterocycles. The number of aliphatic hydroxyl groups excluding tert-OH is 8. The van der Waals surface area contributed by atoms with Crippen LogP contribution >= 0.6 is 0 Å². The fraction of sp³-hybridized carbons (Fsp3) is 0.927. The standard InChI is InChI=1S/C41H77NO13/c1-3-5-6-7-8-9-10-11-12-13-14-15-16-17-18-19-20-21-22-23-25-30(45)29(42-33(46)24-4-2)28-52-40-38(51)36(49)39(32(27-44)54-40)55-41-37(50)35(48)34(47)31(26-43)53-41/h23,25,29-32,34-41,43-45,47-51H,3-22,24,26-28H2,1-2H3,(H,42,46)/b25-23+. The van der Waals surface area contributed by atoms with Crippen molar-refractivity contribution in [2.45, 2.75) is 222 Å². The molecule has 2 aliphatic rings. The second kappa shape index (κ2) is 29.9. The third-order valence-corrected chi connectivity index (χ3v) is 10.7. The lowest BCUT2D eigenvalue weighted by Gasteiger charge is -2.46. The van der Waals surface area contributed by atoms with Gasteiger partial charge in [0.2, 0.25) is 5.91 Å². The topological polar surface area (TPSA) is 228 Å². The Morgan fingerprint density at radius 3 is 1.64 bits per heavy atom. The quantitative estimate of drug-likeness (QED) is 0.0364. The maximum absolute atomic E-state index is 12.5. The molecule has 0 aliphatic carbocycles. The molecule has 2 rings (SSSR count). The Bertz CT molecular complexity index is 988. The number of amides is 1. The monoisotopic (exact) mass is 792 g/mol. The largest absolute Gasteiger partial charge is 0.394 e. The van der Waals surface area contributed by atoms with E-state index < -0.39 is 86.8 Å². The van der Waals surface area contributed by atoms with Crippen LogP contribution in [0.15, 0.2) is 12.2 Å². The van der Waals surface area contributed by atoms with E-state index in [-0.39, 0.29) is 18.9 Å². The zero-order valence-corrected chi connectivity index (χ0v) is 33.7. The van der Waals surface area contributed by atoms with Crippen molar-refractivity contribution in [1.29, 1.82) is 0 Å². The molecule has 55 heavy (non-hydrogen) atoms. The van der Waals surface area contributed by atoms with Crippen LogP contribution in [-0.2, 0) is 23.7 Å². The lowest BCUT2D eigenvalue weighted by atomic mass is 9.97. The molecule has 2 saturated heterocycles. The minimum atomic E-state index is -1.78. The molecule has 2 aliphatic heterocycles. The molecular weight excluding hydrogens is 714 g/mol. The van der Waals surface area contributed by atoms with Gasteiger partial charge in [0, 0.05) is 6.42 Å². The Hall–Kier alpha value is -1.27. The first kappa shape index (κ1) is 49.9. The molecule has 9 N–H and O–H groups in total. The SMILES string of the molecule is CCCCCCCCCCCCCCCCCCCC/C=C/C(O)C(COC1OC(CO)C(OC2OC(CO)C(O)C(O)C2O)C(O)C1O)NC(=O)CCC. The van der Waals surface area contributed by atoms with Crippen molar-refractivity contribution in [2.24, 2.45) is 0 Å². The van der Waals surface area contributed by atoms with Crippen molar-refractivity contribution >= 4 is 5.91 Å². The van der Waals surface area contributed by atoms with Gasteiger partial charge in [0.05, 0.1) is 32.0 Å². The summed E-state index contributed by atoms with van der Waals surface area (Å²) in [6.07, 6.45) is 11.7. The molecule has 1 amide bonds. The van der Waals surface area contributed by atoms with Crippen LogP contribution in [0.2, 0.25) is 0 Å². The summed E-state index contributed by atoms with van der Waals surface area (Å²) in [5.74, 6) is -0.293. The van der Waals surface area contributed by atoms with Gasteiger partial charge in [-0.15, -0.1) is 0 Å². The van der Waals surface area contributed by atoms with Crippen molar-refractivity contribution in [2.75, 3.05) is 19.8 Å². The Labute approximate surface area is 329 Å². The van der Waals surface area contributed by atoms with Gasteiger partial charge in [-0.2, -0.15) is 0 Å². The number of allylic oxidation sites excluding steroid dienone is 1. The number of unbranched alkanes of at least 4 members (excludes halogenated alkanes) is 18. The normalized spacial score (nSPS) is 29.8. The number of carbonyl (C=O) groups excluding carboxylic acids is 1. The van der Waals surface area contributed by atoms with Crippen molar-refractivity contribution in [3.8, 4) is 0 Å². The average molecular weight is 792 g/mol. The second-order valence-corrected chi connectivity index (χ2v) is 15.5. The number of hydrogen-bond donors (Lipinski definition) is 9. The van der Waals surface area contributed by atoms with Crippen LogP contribution in [0.4, 0.5) is 0 Å². The van der Waals surface area contributed by atoms with Crippen LogP contribution in [-0.4, -0.2) is 140 Å². The minimum absolute atomic E-state index is 0.233. The Morgan fingerprint density at radius 1 is 0.636 bits per heavy atom. The number of rotatable bonds is 31. The summed E-state index contributed by atoms with van der Waals surface area (Å²) in [4.78, 5) is 12.5. The van der Waals surface area contributed by atoms with Crippen molar-refractivity contribution in [3.05, 3.63) is 12.2 Å². The van der Waals surface area contributed by atoms with E-state index in [1.54, 1.807) is 6.08 Å². The first-order chi connectivity index (χ1) is 26.6. The second-order valence-electron chi connectivity index (χ2n) is 15.5. The predicted octanol–water partition coefficient (Wildman–Crippen LogP) is 3.26. The molecule has 14 heteroatoms. The summed E-state index contributed by atoms with van der Waals surface area (Å²) in [6, 6.07) is -0.903. The molecule has 0 radical (unpaired) electrons. The zero-order valence-electron chi connectivity index (χ0n) is 33.7. The summed E-state index contributed by atoms with van der Waals surface area (Å²) in [5, 5.41) is 85.4. The number of nitrogens with one attached hydrogen (secondary N) is 1. The molecule has 12 atom stereocenters. The van der Waals surface area contributed by atoms with E-state index in [2.05, 4.69) is 12.2 Å². The Kier molecular flexibility index (Phi) is 27.1. The maximum Gasteiger partial charge on any atom is 0.220 e. The molecular formula is C41H77NO13. The zero-order chi connectivity index (χ0) is 40.4. The highest BCUT2D eigenvalue weighted by atomic mass is 16.7. The average Bonchev–Trinajstić information content (AvgIpc) is 3.18. The van der Waals surface area contributed by atoms with Gasteiger partial charge in [-0.1, -0.05) is 135 Å². The Balaban J connectivity index is 1.71. The number of aliphatic hydroxyl groups is 8. The van der Waals surface area contributed by atoms with Crippen LogP contribution in [0.25, 0.3) is 0 Å². The van der Waals surface area contributed by atoms with E-state index in [0.29, 0.717) is 6.42 Å². The van der Waals surface area contributed by atoms with Crippen LogP contribution in [0.1, 0.15) is 149 Å². The number of hydrogen-bond acceptors (Lipinski definition) is 13. The van der Waals surface area contributed by atoms with Crippen molar-refractivity contribution in [1.82, 2.24) is 5.32 Å². The fourth-order valence-electron chi connectivity index (χ4n) is 7.16. The summed E-state index contributed by atoms with van der Waals surface area (Å²) in [7, 11) is 0. The van der Waals surface area contributed by atoms with Gasteiger partial charge in [0.25, 0.3) is 0 Å². The molecule has 324 valence electrons. The molecule has 14 nitrogen and oxygen atoms in total. The number of ether oxygens (including phenoxy) is 4. The lowest BCUT2D eigenvalue weighted by molar-refractivity contribution is -0.359. The van der Waals surface area contributed by atoms with Gasteiger partial charge in [0.15, 0.2) is 12.6 Å². The molecule has 0 spiro atoms. The molecule has 12 unspecified atom stereocenters. The van der Waals surface area contributed by atoms with E-state index in [9.17, 15) is 45.6 Å². The smallest absolute Gasteiger partial charge is 0.220 e. The predicted molar refractivity (Wildman–Crippen MR) is 208 cm³/mol. The molecule has 0 aromatic carbocycles. The lowest BCUT2D eigenvalue weighted by Crippen LogP contribution is -2.65. The molecule has 0 saturated carbocycles. The van der Waals surface area contributed by atoms with Gasteiger partial charge in [-0.3, -0.25) is 4.79 Å². The van der Waals surface area contributed by atoms with Crippen molar-refractivity contribution in [3.63, 3.8) is 0 Å². The first-order valence-corrected chi connectivity index (χ1v) is 21.4. The third kappa shape index (κ3) is 18.9. The highest BCUT2D eigenvalue weighted by molar-refractivity contribution is 5.76. The first-order valence-electron chi connectivity index (χ1n) is 21.4. The van der Waals surface area contributed by atoms with Gasteiger partial charge in [-0.05, 0) is 19.3 Å². The van der Waals surface area contributed by atoms with Crippen LogP contribution < -0.4 is 5.32 Å². The van der Waals surface area contributed by atoms with Gasteiger partial charge < -0.3 is 65.1 Å². The van der Waals surface area contributed by atoms with Crippen molar-refractivity contribution < 1.29 is 64.6 Å². The highest BCUT2D eigenvalue weighted by Crippen LogP contribution is 2.30. The van der Waals surface area contributed by atoms with Gasteiger partial charge in [0.1, 0.15) is 48.8 Å². The maximum atomic E-state index is 12.5. The molecule has 0 aromatic rings. The van der Waals surface area contributed by atoms with E-state index in [1.807, 2.05) is 13.0 Å². The van der Waals surface area contributed by atoms with Gasteiger partial charge in [-0.25, -0.2) is 0 Å². The Morgan fingerprint density at radius 2 is 1.13 bits per heavy atom. The summed E-state index contributed by atoms with van der Waals surface area (Å²) >= 11 is 0. The molecule has 2 fully saturated rings. The van der Waals surface area contributed by atoms with Crippen LogP contribution in [0.3, 0.4) is 0 Å². The highest BCUT2D eigenvalue weighted by Gasteiger charge is 2.50. The fourth-order valence-corrected chi connectivity index (χ4v) is 7.16. The summed E-state index contributed by atoms with van der Waals surface area (Å²) in [6.45, 7) is 2.40. The number of carbonyl (C=O) groups is 1. The molecule has 0 bridgehead atoms.